The van der Waals surface area contributed by atoms with Gasteiger partial charge in [-0.1, -0.05) is 0 Å². The molecular formula is C13H15ClF2N2O2. The minimum absolute atomic E-state index is 0.320. The number of fused-ring (bicyclic) bond motifs is 1. The molecule has 1 aromatic heterocycles. The fourth-order valence-electron chi connectivity index (χ4n) is 2.12. The second-order valence-corrected chi connectivity index (χ2v) is 4.54. The number of aryl methyl sites for hydroxylation is 1. The average Bonchev–Trinajstić information content (AvgIpc) is 2.74. The molecule has 110 valence electrons. The highest BCUT2D eigenvalue weighted by atomic mass is 35.5. The van der Waals surface area contributed by atoms with E-state index < -0.39 is 13.0 Å². The van der Waals surface area contributed by atoms with Crippen molar-refractivity contribution in [2.24, 2.45) is 0 Å². The van der Waals surface area contributed by atoms with Crippen molar-refractivity contribution in [3.8, 4) is 11.5 Å². The highest BCUT2D eigenvalue weighted by Gasteiger charge is 2.17. The van der Waals surface area contributed by atoms with Gasteiger partial charge < -0.3 is 14.0 Å². The zero-order valence-electron chi connectivity index (χ0n) is 11.2. The smallest absolute Gasteiger partial charge is 0.256 e. The van der Waals surface area contributed by atoms with Crippen molar-refractivity contribution < 1.29 is 18.3 Å². The molecule has 0 saturated heterocycles. The summed E-state index contributed by atoms with van der Waals surface area (Å²) >= 11 is 5.70. The third kappa shape index (κ3) is 2.80. The first-order valence-electron chi connectivity index (χ1n) is 6.06. The molecule has 0 atom stereocenters. The fourth-order valence-corrected chi connectivity index (χ4v) is 2.29. The fraction of sp³-hybridized carbons (Fsp3) is 0.462. The van der Waals surface area contributed by atoms with E-state index in [0.717, 1.165) is 0 Å². The van der Waals surface area contributed by atoms with E-state index in [2.05, 4.69) is 4.98 Å². The summed E-state index contributed by atoms with van der Waals surface area (Å²) in [7, 11) is 3.01. The van der Waals surface area contributed by atoms with E-state index in [9.17, 15) is 8.78 Å². The Hall–Kier alpha value is -1.56. The van der Waals surface area contributed by atoms with Gasteiger partial charge in [-0.2, -0.15) is 0 Å². The highest BCUT2D eigenvalue weighted by Crippen LogP contribution is 2.32. The number of ether oxygens (including phenoxy) is 2. The molecule has 0 aliphatic rings. The van der Waals surface area contributed by atoms with Crippen LogP contribution in [-0.2, 0) is 13.0 Å². The van der Waals surface area contributed by atoms with Crippen LogP contribution in [0.1, 0.15) is 5.82 Å². The van der Waals surface area contributed by atoms with Crippen molar-refractivity contribution >= 4 is 22.6 Å². The number of nitrogens with zero attached hydrogens (tertiary/aromatic N) is 2. The number of methoxy groups -OCH3 is 2. The average molecular weight is 305 g/mol. The topological polar surface area (TPSA) is 36.3 Å². The van der Waals surface area contributed by atoms with Gasteiger partial charge in [-0.15, -0.1) is 11.6 Å². The molecule has 20 heavy (non-hydrogen) atoms. The second kappa shape index (κ2) is 6.26. The first-order chi connectivity index (χ1) is 9.60. The van der Waals surface area contributed by atoms with Crippen molar-refractivity contribution in [3.63, 3.8) is 0 Å². The van der Waals surface area contributed by atoms with Crippen molar-refractivity contribution in [2.45, 2.75) is 19.4 Å². The van der Waals surface area contributed by atoms with Gasteiger partial charge in [-0.3, -0.25) is 0 Å². The molecule has 1 aromatic carbocycles. The highest BCUT2D eigenvalue weighted by molar-refractivity contribution is 6.17. The van der Waals surface area contributed by atoms with Gasteiger partial charge in [-0.05, 0) is 0 Å². The van der Waals surface area contributed by atoms with Crippen molar-refractivity contribution in [1.29, 1.82) is 0 Å². The van der Waals surface area contributed by atoms with Crippen LogP contribution in [0.5, 0.6) is 11.5 Å². The van der Waals surface area contributed by atoms with Gasteiger partial charge in [0.15, 0.2) is 11.5 Å². The van der Waals surface area contributed by atoms with Gasteiger partial charge in [0.2, 0.25) is 0 Å². The van der Waals surface area contributed by atoms with Crippen LogP contribution in [0.4, 0.5) is 8.78 Å². The zero-order valence-corrected chi connectivity index (χ0v) is 12.0. The number of benzene rings is 1. The number of hydrogen-bond donors (Lipinski definition) is 0. The zero-order chi connectivity index (χ0) is 14.7. The normalized spacial score (nSPS) is 11.3. The molecular weight excluding hydrogens is 290 g/mol. The van der Waals surface area contributed by atoms with Crippen LogP contribution in [-0.4, -0.2) is 36.1 Å². The maximum Gasteiger partial charge on any atom is 0.256 e. The number of aromatic nitrogens is 2. The van der Waals surface area contributed by atoms with Gasteiger partial charge >= 0.3 is 0 Å². The van der Waals surface area contributed by atoms with Crippen molar-refractivity contribution in [3.05, 3.63) is 18.0 Å². The summed E-state index contributed by atoms with van der Waals surface area (Å²) in [5, 5.41) is 0. The Morgan fingerprint density at radius 3 is 2.45 bits per heavy atom. The van der Waals surface area contributed by atoms with Gasteiger partial charge in [0.1, 0.15) is 5.82 Å². The van der Waals surface area contributed by atoms with Crippen molar-refractivity contribution in [2.75, 3.05) is 20.1 Å². The van der Waals surface area contributed by atoms with E-state index in [1.54, 1.807) is 12.1 Å². The maximum absolute atomic E-state index is 12.7. The van der Waals surface area contributed by atoms with E-state index in [0.29, 0.717) is 40.7 Å². The minimum atomic E-state index is -2.46. The second-order valence-electron chi connectivity index (χ2n) is 4.16. The Kier molecular flexibility index (Phi) is 4.65. The number of imidazole rings is 1. The third-order valence-corrected chi connectivity index (χ3v) is 3.16. The quantitative estimate of drug-likeness (QED) is 0.769. The van der Waals surface area contributed by atoms with Crippen molar-refractivity contribution in [1.82, 2.24) is 9.55 Å². The Balaban J connectivity index is 2.61. The molecule has 0 fully saturated rings. The van der Waals surface area contributed by atoms with Gasteiger partial charge in [0.25, 0.3) is 6.43 Å². The summed E-state index contributed by atoms with van der Waals surface area (Å²) in [6.45, 7) is -0.418. The summed E-state index contributed by atoms with van der Waals surface area (Å²) in [5.74, 6) is 1.85. The number of halogens is 3. The lowest BCUT2D eigenvalue weighted by atomic mass is 10.2. The van der Waals surface area contributed by atoms with Gasteiger partial charge in [0, 0.05) is 24.4 Å². The molecule has 0 amide bonds. The molecule has 0 unspecified atom stereocenters. The standard InChI is InChI=1S/C13H15ClF2N2O2/c1-19-10-5-8-9(6-11(10)20-2)18(7-12(15)16)13(17-8)3-4-14/h5-6,12H,3-4,7H2,1-2H3. The van der Waals surface area contributed by atoms with Crippen LogP contribution in [0.2, 0.25) is 0 Å². The minimum Gasteiger partial charge on any atom is -0.493 e. The molecule has 2 aromatic rings. The first-order valence-corrected chi connectivity index (χ1v) is 6.59. The van der Waals surface area contributed by atoms with Crippen LogP contribution in [0.25, 0.3) is 11.0 Å². The molecule has 1 heterocycles. The molecule has 4 nitrogen and oxygen atoms in total. The van der Waals surface area contributed by atoms with Gasteiger partial charge in [-0.25, -0.2) is 13.8 Å². The Labute approximate surface area is 120 Å². The lowest BCUT2D eigenvalue weighted by Gasteiger charge is -2.10. The summed E-state index contributed by atoms with van der Waals surface area (Å²) < 4.78 is 37.3. The van der Waals surface area contributed by atoms with E-state index in [4.69, 9.17) is 21.1 Å². The predicted molar refractivity (Wildman–Crippen MR) is 73.3 cm³/mol. The summed E-state index contributed by atoms with van der Waals surface area (Å²) in [6.07, 6.45) is -2.04. The molecule has 0 bridgehead atoms. The first kappa shape index (κ1) is 14.8. The SMILES string of the molecule is COc1cc2nc(CCCl)n(CC(F)F)c2cc1OC. The van der Waals surface area contributed by atoms with Crippen LogP contribution in [0.15, 0.2) is 12.1 Å². The van der Waals surface area contributed by atoms with Crippen LogP contribution in [0, 0.1) is 0 Å². The van der Waals surface area contributed by atoms with E-state index >= 15 is 0 Å². The summed E-state index contributed by atoms with van der Waals surface area (Å²) in [4.78, 5) is 4.35. The predicted octanol–water partition coefficient (Wildman–Crippen LogP) is 3.10. The monoisotopic (exact) mass is 304 g/mol. The molecule has 0 radical (unpaired) electrons. The number of rotatable bonds is 6. The molecule has 0 N–H and O–H groups in total. The van der Waals surface area contributed by atoms with Gasteiger partial charge in [0.05, 0.1) is 31.8 Å². The Bertz CT molecular complexity index is 602. The lowest BCUT2D eigenvalue weighted by Crippen LogP contribution is -2.10. The summed E-state index contributed by atoms with van der Waals surface area (Å²) in [5.41, 5.74) is 1.17. The Morgan fingerprint density at radius 1 is 1.25 bits per heavy atom. The largest absolute Gasteiger partial charge is 0.493 e. The molecule has 0 aliphatic heterocycles. The number of hydrogen-bond acceptors (Lipinski definition) is 3. The maximum atomic E-state index is 12.7. The molecule has 0 saturated carbocycles. The molecule has 2 rings (SSSR count). The van der Waals surface area contributed by atoms with E-state index in [1.807, 2.05) is 0 Å². The van der Waals surface area contributed by atoms with E-state index in [-0.39, 0.29) is 0 Å². The number of alkyl halides is 3. The lowest BCUT2D eigenvalue weighted by molar-refractivity contribution is 0.127. The molecule has 0 aliphatic carbocycles. The van der Waals surface area contributed by atoms with Crippen LogP contribution < -0.4 is 9.47 Å². The van der Waals surface area contributed by atoms with Crippen LogP contribution >= 0.6 is 11.6 Å². The molecule has 7 heteroatoms. The molecule has 0 spiro atoms. The third-order valence-electron chi connectivity index (χ3n) is 2.97. The summed E-state index contributed by atoms with van der Waals surface area (Å²) in [6, 6.07) is 3.33. The van der Waals surface area contributed by atoms with E-state index in [1.165, 1.54) is 18.8 Å². The van der Waals surface area contributed by atoms with Crippen LogP contribution in [0.3, 0.4) is 0 Å². The Morgan fingerprint density at radius 2 is 1.90 bits per heavy atom.